The number of nitrogens with one attached hydrogen (secondary N) is 2. The van der Waals surface area contributed by atoms with Crippen molar-refractivity contribution in [1.82, 2.24) is 29.9 Å². The number of ether oxygens (including phenoxy) is 1. The number of anilines is 1. The van der Waals surface area contributed by atoms with Crippen molar-refractivity contribution in [3.63, 3.8) is 0 Å². The van der Waals surface area contributed by atoms with Crippen LogP contribution in [0.2, 0.25) is 0 Å². The lowest BCUT2D eigenvalue weighted by atomic mass is 10.2. The molecular weight excluding hydrogens is 382 g/mol. The number of aromatic amines is 1. The summed E-state index contributed by atoms with van der Waals surface area (Å²) in [4.78, 5) is 19.1. The molecule has 28 heavy (non-hydrogen) atoms. The van der Waals surface area contributed by atoms with Crippen LogP contribution in [-0.4, -0.2) is 69.3 Å². The number of para-hydroxylation sites is 1. The maximum atomic E-state index is 12.6. The van der Waals surface area contributed by atoms with Crippen molar-refractivity contribution in [2.24, 2.45) is 0 Å². The van der Waals surface area contributed by atoms with Crippen molar-refractivity contribution in [3.8, 4) is 17.2 Å². The number of halogens is 1. The van der Waals surface area contributed by atoms with Crippen LogP contribution >= 0.6 is 12.4 Å². The van der Waals surface area contributed by atoms with E-state index in [0.717, 1.165) is 32.8 Å². The molecule has 4 rings (SSSR count). The van der Waals surface area contributed by atoms with Crippen LogP contribution in [0.15, 0.2) is 47.5 Å². The van der Waals surface area contributed by atoms with Crippen LogP contribution in [0.1, 0.15) is 0 Å². The molecule has 1 aliphatic heterocycles. The van der Waals surface area contributed by atoms with Gasteiger partial charge in [0.1, 0.15) is 6.33 Å². The van der Waals surface area contributed by atoms with Crippen LogP contribution in [0.3, 0.4) is 0 Å². The summed E-state index contributed by atoms with van der Waals surface area (Å²) in [5.41, 5.74) is 1.68. The largest absolute Gasteiger partial charge is 0.382 e. The van der Waals surface area contributed by atoms with Gasteiger partial charge in [0.05, 0.1) is 24.6 Å². The molecule has 9 nitrogen and oxygen atoms in total. The van der Waals surface area contributed by atoms with Gasteiger partial charge in [-0.2, -0.15) is 14.9 Å². The maximum Gasteiger partial charge on any atom is 0.273 e. The molecule has 1 fully saturated rings. The zero-order chi connectivity index (χ0) is 18.5. The van der Waals surface area contributed by atoms with Gasteiger partial charge in [-0.1, -0.05) is 18.2 Å². The van der Waals surface area contributed by atoms with Crippen LogP contribution in [-0.2, 0) is 4.74 Å². The van der Waals surface area contributed by atoms with E-state index in [1.807, 2.05) is 30.3 Å². The third kappa shape index (κ3) is 4.56. The summed E-state index contributed by atoms with van der Waals surface area (Å²) in [6, 6.07) is 10.9. The van der Waals surface area contributed by atoms with Crippen LogP contribution in [0.4, 0.5) is 5.69 Å². The molecule has 0 unspecified atom stereocenters. The Kier molecular flexibility index (Phi) is 6.75. The Morgan fingerprint density at radius 1 is 1.18 bits per heavy atom. The molecule has 1 saturated heterocycles. The quantitative estimate of drug-likeness (QED) is 0.637. The number of hydrogen-bond donors (Lipinski definition) is 2. The van der Waals surface area contributed by atoms with E-state index in [0.29, 0.717) is 29.4 Å². The summed E-state index contributed by atoms with van der Waals surface area (Å²) in [5.74, 6) is 0.508. The van der Waals surface area contributed by atoms with Crippen molar-refractivity contribution in [3.05, 3.63) is 53.1 Å². The average molecular weight is 404 g/mol. The minimum absolute atomic E-state index is 0. The van der Waals surface area contributed by atoms with E-state index in [9.17, 15) is 4.79 Å². The molecule has 0 spiro atoms. The van der Waals surface area contributed by atoms with Crippen molar-refractivity contribution < 1.29 is 4.74 Å². The van der Waals surface area contributed by atoms with Gasteiger partial charge in [-0.15, -0.1) is 12.4 Å². The molecule has 3 heterocycles. The molecule has 2 aromatic heterocycles. The molecule has 0 amide bonds. The Bertz CT molecular complexity index is 925. The van der Waals surface area contributed by atoms with E-state index in [-0.39, 0.29) is 18.0 Å². The van der Waals surface area contributed by atoms with Gasteiger partial charge in [0.15, 0.2) is 11.5 Å². The molecule has 1 aliphatic rings. The lowest BCUT2D eigenvalue weighted by Crippen LogP contribution is -2.39. The van der Waals surface area contributed by atoms with Crippen LogP contribution < -0.4 is 10.9 Å². The highest BCUT2D eigenvalue weighted by Crippen LogP contribution is 2.21. The van der Waals surface area contributed by atoms with E-state index in [2.05, 4.69) is 30.5 Å². The van der Waals surface area contributed by atoms with Crippen LogP contribution in [0.25, 0.3) is 17.2 Å². The van der Waals surface area contributed by atoms with E-state index < -0.39 is 0 Å². The second-order valence-corrected chi connectivity index (χ2v) is 6.21. The first-order valence-corrected chi connectivity index (χ1v) is 8.91. The van der Waals surface area contributed by atoms with Gasteiger partial charge in [0, 0.05) is 32.2 Å². The molecule has 0 aliphatic carbocycles. The number of nitrogens with zero attached hydrogens (tertiary/aromatic N) is 5. The van der Waals surface area contributed by atoms with Crippen molar-refractivity contribution >= 4 is 18.1 Å². The maximum absolute atomic E-state index is 12.6. The fourth-order valence-electron chi connectivity index (χ4n) is 3.01. The molecule has 0 saturated carbocycles. The first kappa shape index (κ1) is 20.0. The van der Waals surface area contributed by atoms with Gasteiger partial charge in [0.2, 0.25) is 0 Å². The zero-order valence-corrected chi connectivity index (χ0v) is 16.1. The Hall–Kier alpha value is -2.75. The van der Waals surface area contributed by atoms with Crippen molar-refractivity contribution in [2.75, 3.05) is 44.7 Å². The van der Waals surface area contributed by atoms with Gasteiger partial charge in [-0.25, -0.2) is 4.98 Å². The van der Waals surface area contributed by atoms with Gasteiger partial charge in [-0.05, 0) is 12.1 Å². The molecule has 10 heteroatoms. The van der Waals surface area contributed by atoms with Gasteiger partial charge in [-0.3, -0.25) is 14.8 Å². The highest BCUT2D eigenvalue weighted by molar-refractivity contribution is 5.85. The molecule has 3 aromatic rings. The highest BCUT2D eigenvalue weighted by Gasteiger charge is 2.15. The standard InChI is InChI=1S/C18H21N7O2.ClH/c26-16-12-15(19-6-7-24-8-10-27-11-9-24)17(18-20-13-21-22-18)23-25(16)14-4-2-1-3-5-14;/h1-5,12-13,19H,6-11H2,(H,20,21,22);1H. The number of aromatic nitrogens is 5. The monoisotopic (exact) mass is 403 g/mol. The van der Waals surface area contributed by atoms with Crippen LogP contribution in [0, 0.1) is 0 Å². The highest BCUT2D eigenvalue weighted by atomic mass is 35.5. The predicted molar refractivity (Wildman–Crippen MR) is 108 cm³/mol. The zero-order valence-electron chi connectivity index (χ0n) is 15.2. The summed E-state index contributed by atoms with van der Waals surface area (Å²) in [6.45, 7) is 4.92. The average Bonchev–Trinajstić information content (AvgIpc) is 3.24. The van der Waals surface area contributed by atoms with E-state index >= 15 is 0 Å². The first-order chi connectivity index (χ1) is 13.3. The smallest absolute Gasteiger partial charge is 0.273 e. The second-order valence-electron chi connectivity index (χ2n) is 6.21. The van der Waals surface area contributed by atoms with E-state index in [4.69, 9.17) is 4.74 Å². The molecule has 0 bridgehead atoms. The second kappa shape index (κ2) is 9.45. The number of benzene rings is 1. The normalized spacial score (nSPS) is 14.4. The fourth-order valence-corrected chi connectivity index (χ4v) is 3.01. The molecular formula is C18H22ClN7O2. The molecule has 0 atom stereocenters. The molecule has 2 N–H and O–H groups in total. The third-order valence-electron chi connectivity index (χ3n) is 4.42. The van der Waals surface area contributed by atoms with E-state index in [1.165, 1.54) is 11.0 Å². The topological polar surface area (TPSA) is 101 Å². The number of hydrogen-bond acceptors (Lipinski definition) is 7. The lowest BCUT2D eigenvalue weighted by Gasteiger charge is -2.26. The molecule has 0 radical (unpaired) electrons. The minimum Gasteiger partial charge on any atom is -0.382 e. The Balaban J connectivity index is 0.00000225. The number of morpholine rings is 1. The lowest BCUT2D eigenvalue weighted by molar-refractivity contribution is 0.0398. The molecule has 1 aromatic carbocycles. The minimum atomic E-state index is -0.210. The summed E-state index contributed by atoms with van der Waals surface area (Å²) < 4.78 is 6.73. The predicted octanol–water partition coefficient (Wildman–Crippen LogP) is 1.18. The van der Waals surface area contributed by atoms with E-state index in [1.54, 1.807) is 6.07 Å². The van der Waals surface area contributed by atoms with Crippen LogP contribution in [0.5, 0.6) is 0 Å². The van der Waals surface area contributed by atoms with Gasteiger partial charge < -0.3 is 10.1 Å². The fraction of sp³-hybridized carbons (Fsp3) is 0.333. The Labute approximate surface area is 168 Å². The number of H-pyrrole nitrogens is 1. The van der Waals surface area contributed by atoms with Crippen molar-refractivity contribution in [1.29, 1.82) is 0 Å². The Morgan fingerprint density at radius 2 is 1.96 bits per heavy atom. The molecule has 148 valence electrons. The van der Waals surface area contributed by atoms with Gasteiger partial charge >= 0.3 is 0 Å². The third-order valence-corrected chi connectivity index (χ3v) is 4.42. The SMILES string of the molecule is Cl.O=c1cc(NCCN2CCOCC2)c(-c2ncn[nH]2)nn1-c1ccccc1. The summed E-state index contributed by atoms with van der Waals surface area (Å²) >= 11 is 0. The number of rotatable bonds is 6. The summed E-state index contributed by atoms with van der Waals surface area (Å²) in [5, 5.41) is 14.6. The summed E-state index contributed by atoms with van der Waals surface area (Å²) in [7, 11) is 0. The summed E-state index contributed by atoms with van der Waals surface area (Å²) in [6.07, 6.45) is 1.42. The van der Waals surface area contributed by atoms with Gasteiger partial charge in [0.25, 0.3) is 5.56 Å². The van der Waals surface area contributed by atoms with Crippen molar-refractivity contribution in [2.45, 2.75) is 0 Å². The first-order valence-electron chi connectivity index (χ1n) is 8.91. The Morgan fingerprint density at radius 3 is 2.68 bits per heavy atom.